The molecule has 7 heteroatoms. The van der Waals surface area contributed by atoms with Gasteiger partial charge in [0, 0.05) is 24.8 Å². The van der Waals surface area contributed by atoms with Gasteiger partial charge in [-0.25, -0.2) is 12.8 Å². The Morgan fingerprint density at radius 3 is 2.48 bits per heavy atom. The van der Waals surface area contributed by atoms with E-state index >= 15 is 0 Å². The number of benzene rings is 2. The molecule has 5 nitrogen and oxygen atoms in total. The van der Waals surface area contributed by atoms with Crippen molar-refractivity contribution in [3.8, 4) is 0 Å². The molecule has 2 aromatic carbocycles. The molecule has 0 radical (unpaired) electrons. The van der Waals surface area contributed by atoms with E-state index in [0.717, 1.165) is 50.3 Å². The minimum Gasteiger partial charge on any atom is -0.371 e. The average molecular weight is 420 g/mol. The topological polar surface area (TPSA) is 61.4 Å². The first-order chi connectivity index (χ1) is 13.9. The summed E-state index contributed by atoms with van der Waals surface area (Å²) >= 11 is 0. The highest BCUT2D eigenvalue weighted by molar-refractivity contribution is 7.92. The fourth-order valence-electron chi connectivity index (χ4n) is 3.45. The normalized spacial score (nSPS) is 16.6. The Bertz CT molecular complexity index is 895. The van der Waals surface area contributed by atoms with Crippen LogP contribution in [0.4, 0.5) is 15.8 Å². The molecule has 0 bridgehead atoms. The van der Waals surface area contributed by atoms with Gasteiger partial charge < -0.3 is 10.2 Å². The zero-order chi connectivity index (χ0) is 20.9. The molecule has 1 saturated heterocycles. The number of anilines is 2. The maximum atomic E-state index is 13.1. The fourth-order valence-corrected chi connectivity index (χ4v) is 4.50. The van der Waals surface area contributed by atoms with Gasteiger partial charge in [0.1, 0.15) is 5.82 Å². The largest absolute Gasteiger partial charge is 0.371 e. The van der Waals surface area contributed by atoms with Gasteiger partial charge in [-0.15, -0.1) is 0 Å². The van der Waals surface area contributed by atoms with Crippen molar-refractivity contribution < 1.29 is 12.8 Å². The van der Waals surface area contributed by atoms with Gasteiger partial charge in [0.15, 0.2) is 0 Å². The minimum absolute atomic E-state index is 0.0394. The second-order valence-corrected chi connectivity index (χ2v) is 9.48. The predicted octanol–water partition coefficient (Wildman–Crippen LogP) is 4.23. The smallest absolute Gasteiger partial charge is 0.261 e. The van der Waals surface area contributed by atoms with Crippen molar-refractivity contribution in [1.82, 2.24) is 5.32 Å². The van der Waals surface area contributed by atoms with Crippen molar-refractivity contribution in [2.75, 3.05) is 29.3 Å². The SMILES string of the molecule is CCC(C)CNC1CCN(c2cccc(NS(=O)(=O)c3ccc(F)cc3)c2)CC1. The number of hydrogen-bond donors (Lipinski definition) is 2. The van der Waals surface area contributed by atoms with Crippen LogP contribution in [0.2, 0.25) is 0 Å². The van der Waals surface area contributed by atoms with Crippen LogP contribution in [-0.4, -0.2) is 34.1 Å². The van der Waals surface area contributed by atoms with Gasteiger partial charge in [0.05, 0.1) is 10.6 Å². The molecule has 1 heterocycles. The van der Waals surface area contributed by atoms with Crippen LogP contribution >= 0.6 is 0 Å². The molecule has 1 atom stereocenters. The Labute approximate surface area is 173 Å². The number of halogens is 1. The fraction of sp³-hybridized carbons (Fsp3) is 0.455. The van der Waals surface area contributed by atoms with Crippen molar-refractivity contribution in [2.45, 2.75) is 44.0 Å². The van der Waals surface area contributed by atoms with E-state index in [1.54, 1.807) is 6.07 Å². The quantitative estimate of drug-likeness (QED) is 0.672. The lowest BCUT2D eigenvalue weighted by molar-refractivity contribution is 0.380. The summed E-state index contributed by atoms with van der Waals surface area (Å²) in [6.45, 7) is 7.41. The number of nitrogens with one attached hydrogen (secondary N) is 2. The van der Waals surface area contributed by atoms with Crippen LogP contribution in [0, 0.1) is 11.7 Å². The molecule has 0 amide bonds. The number of piperidine rings is 1. The zero-order valence-corrected chi connectivity index (χ0v) is 17.9. The maximum absolute atomic E-state index is 13.1. The first kappa shape index (κ1) is 21.6. The highest BCUT2D eigenvalue weighted by atomic mass is 32.2. The van der Waals surface area contributed by atoms with E-state index in [-0.39, 0.29) is 4.90 Å². The first-order valence-corrected chi connectivity index (χ1v) is 11.7. The lowest BCUT2D eigenvalue weighted by atomic mass is 10.0. The summed E-state index contributed by atoms with van der Waals surface area (Å²) in [6, 6.07) is 12.8. The van der Waals surface area contributed by atoms with E-state index in [2.05, 4.69) is 28.8 Å². The molecule has 1 aliphatic rings. The van der Waals surface area contributed by atoms with Crippen LogP contribution in [0.5, 0.6) is 0 Å². The standard InChI is InChI=1S/C22H30FN3O2S/c1-3-17(2)16-24-19-11-13-26(14-12-19)21-6-4-5-20(15-21)25-29(27,28)22-9-7-18(23)8-10-22/h4-10,15,17,19,24-25H,3,11-14,16H2,1-2H3. The monoisotopic (exact) mass is 419 g/mol. The lowest BCUT2D eigenvalue weighted by Gasteiger charge is -2.34. The highest BCUT2D eigenvalue weighted by Crippen LogP contribution is 2.25. The third-order valence-corrected chi connectivity index (χ3v) is 6.93. The molecule has 29 heavy (non-hydrogen) atoms. The van der Waals surface area contributed by atoms with Crippen molar-refractivity contribution in [2.24, 2.45) is 5.92 Å². The summed E-state index contributed by atoms with van der Waals surface area (Å²) < 4.78 is 40.7. The molecule has 0 spiro atoms. The van der Waals surface area contributed by atoms with Gasteiger partial charge in [-0.1, -0.05) is 26.3 Å². The van der Waals surface area contributed by atoms with Crippen LogP contribution in [0.1, 0.15) is 33.1 Å². The predicted molar refractivity (Wildman–Crippen MR) is 116 cm³/mol. The summed E-state index contributed by atoms with van der Waals surface area (Å²) in [5, 5.41) is 3.66. The van der Waals surface area contributed by atoms with Gasteiger partial charge in [-0.2, -0.15) is 0 Å². The maximum Gasteiger partial charge on any atom is 0.261 e. The molecule has 0 aromatic heterocycles. The second kappa shape index (κ2) is 9.59. The third-order valence-electron chi connectivity index (χ3n) is 5.53. The molecule has 0 aliphatic carbocycles. The molecule has 0 saturated carbocycles. The van der Waals surface area contributed by atoms with E-state index in [9.17, 15) is 12.8 Å². The average Bonchev–Trinajstić information content (AvgIpc) is 2.72. The summed E-state index contributed by atoms with van der Waals surface area (Å²) in [6.07, 6.45) is 3.33. The van der Waals surface area contributed by atoms with E-state index in [4.69, 9.17) is 0 Å². The summed E-state index contributed by atoms with van der Waals surface area (Å²) in [4.78, 5) is 2.33. The van der Waals surface area contributed by atoms with E-state index in [1.807, 2.05) is 18.2 Å². The summed E-state index contributed by atoms with van der Waals surface area (Å²) in [7, 11) is -3.75. The molecule has 158 valence electrons. The van der Waals surface area contributed by atoms with Crippen LogP contribution in [-0.2, 0) is 10.0 Å². The molecule has 1 aliphatic heterocycles. The van der Waals surface area contributed by atoms with Gasteiger partial charge >= 0.3 is 0 Å². The van der Waals surface area contributed by atoms with Crippen molar-refractivity contribution in [3.05, 3.63) is 54.3 Å². The molecule has 1 fully saturated rings. The van der Waals surface area contributed by atoms with Crippen LogP contribution < -0.4 is 14.9 Å². The van der Waals surface area contributed by atoms with Gasteiger partial charge in [0.25, 0.3) is 10.0 Å². The van der Waals surface area contributed by atoms with Crippen LogP contribution in [0.25, 0.3) is 0 Å². The zero-order valence-electron chi connectivity index (χ0n) is 17.1. The molecular weight excluding hydrogens is 389 g/mol. The Morgan fingerprint density at radius 1 is 1.14 bits per heavy atom. The van der Waals surface area contributed by atoms with E-state index in [0.29, 0.717) is 17.6 Å². The van der Waals surface area contributed by atoms with Crippen molar-refractivity contribution in [3.63, 3.8) is 0 Å². The number of sulfonamides is 1. The Morgan fingerprint density at radius 2 is 1.83 bits per heavy atom. The van der Waals surface area contributed by atoms with Crippen LogP contribution in [0.3, 0.4) is 0 Å². The summed E-state index contributed by atoms with van der Waals surface area (Å²) in [5.74, 6) is 0.229. The summed E-state index contributed by atoms with van der Waals surface area (Å²) in [5.41, 5.74) is 1.51. The minimum atomic E-state index is -3.75. The Balaban J connectivity index is 1.61. The molecule has 2 N–H and O–H groups in total. The van der Waals surface area contributed by atoms with Gasteiger partial charge in [-0.05, 0) is 67.8 Å². The molecule has 3 rings (SSSR count). The van der Waals surface area contributed by atoms with E-state index in [1.165, 1.54) is 18.6 Å². The van der Waals surface area contributed by atoms with Gasteiger partial charge in [0.2, 0.25) is 0 Å². The Kier molecular flexibility index (Phi) is 7.14. The number of hydrogen-bond acceptors (Lipinski definition) is 4. The first-order valence-electron chi connectivity index (χ1n) is 10.2. The number of nitrogens with zero attached hydrogens (tertiary/aromatic N) is 1. The van der Waals surface area contributed by atoms with Gasteiger partial charge in [-0.3, -0.25) is 4.72 Å². The molecule has 1 unspecified atom stereocenters. The molecule has 2 aromatic rings. The lowest BCUT2D eigenvalue weighted by Crippen LogP contribution is -2.43. The molecular formula is C22H30FN3O2S. The Hall–Kier alpha value is -2.12. The van der Waals surface area contributed by atoms with Crippen LogP contribution in [0.15, 0.2) is 53.4 Å². The van der Waals surface area contributed by atoms with E-state index < -0.39 is 15.8 Å². The van der Waals surface area contributed by atoms with Crippen molar-refractivity contribution in [1.29, 1.82) is 0 Å². The number of rotatable bonds is 8. The van der Waals surface area contributed by atoms with Crippen molar-refractivity contribution >= 4 is 21.4 Å². The highest BCUT2D eigenvalue weighted by Gasteiger charge is 2.20. The third kappa shape index (κ3) is 5.93. The second-order valence-electron chi connectivity index (χ2n) is 7.79.